The van der Waals surface area contributed by atoms with Gasteiger partial charge in [-0.25, -0.2) is 0 Å². The zero-order chi connectivity index (χ0) is 14.4. The molecule has 20 heavy (non-hydrogen) atoms. The molecule has 3 nitrogen and oxygen atoms in total. The summed E-state index contributed by atoms with van der Waals surface area (Å²) in [6.07, 6.45) is 0. The van der Waals surface area contributed by atoms with Crippen molar-refractivity contribution in [1.29, 1.82) is 0 Å². The van der Waals surface area contributed by atoms with Gasteiger partial charge in [0.25, 0.3) is 0 Å². The SMILES string of the molecule is COc1cccc(CNCc2cccc(C)c2)c1OC. The van der Waals surface area contributed by atoms with Gasteiger partial charge in [-0.15, -0.1) is 0 Å². The number of nitrogens with one attached hydrogen (secondary N) is 1. The largest absolute Gasteiger partial charge is 0.493 e. The molecule has 0 heterocycles. The average Bonchev–Trinajstić information content (AvgIpc) is 2.47. The average molecular weight is 271 g/mol. The first-order chi connectivity index (χ1) is 9.74. The lowest BCUT2D eigenvalue weighted by atomic mass is 10.1. The molecule has 0 unspecified atom stereocenters. The van der Waals surface area contributed by atoms with Crippen LogP contribution in [0, 0.1) is 6.92 Å². The van der Waals surface area contributed by atoms with Crippen molar-refractivity contribution in [3.63, 3.8) is 0 Å². The van der Waals surface area contributed by atoms with E-state index >= 15 is 0 Å². The summed E-state index contributed by atoms with van der Waals surface area (Å²) in [5.74, 6) is 1.56. The molecule has 0 radical (unpaired) electrons. The lowest BCUT2D eigenvalue weighted by Gasteiger charge is -2.13. The number of rotatable bonds is 6. The second kappa shape index (κ2) is 6.96. The Kier molecular flexibility index (Phi) is 5.02. The van der Waals surface area contributed by atoms with Gasteiger partial charge in [-0.1, -0.05) is 42.0 Å². The summed E-state index contributed by atoms with van der Waals surface area (Å²) in [6, 6.07) is 14.4. The van der Waals surface area contributed by atoms with Crippen LogP contribution in [0.5, 0.6) is 11.5 Å². The van der Waals surface area contributed by atoms with Crippen molar-refractivity contribution in [1.82, 2.24) is 5.32 Å². The third kappa shape index (κ3) is 3.52. The van der Waals surface area contributed by atoms with Gasteiger partial charge in [0.05, 0.1) is 14.2 Å². The van der Waals surface area contributed by atoms with Crippen LogP contribution in [0.3, 0.4) is 0 Å². The van der Waals surface area contributed by atoms with Crippen LogP contribution in [-0.4, -0.2) is 14.2 Å². The Hall–Kier alpha value is -2.00. The summed E-state index contributed by atoms with van der Waals surface area (Å²) >= 11 is 0. The minimum absolute atomic E-state index is 0.744. The van der Waals surface area contributed by atoms with E-state index in [4.69, 9.17) is 9.47 Å². The molecule has 2 aromatic rings. The molecule has 0 saturated heterocycles. The summed E-state index contributed by atoms with van der Waals surface area (Å²) < 4.78 is 10.7. The highest BCUT2D eigenvalue weighted by Crippen LogP contribution is 2.30. The van der Waals surface area contributed by atoms with Crippen molar-refractivity contribution in [2.45, 2.75) is 20.0 Å². The molecule has 2 rings (SSSR count). The number of methoxy groups -OCH3 is 2. The van der Waals surface area contributed by atoms with Gasteiger partial charge in [0.1, 0.15) is 0 Å². The molecule has 3 heteroatoms. The molecule has 106 valence electrons. The number of hydrogen-bond donors (Lipinski definition) is 1. The standard InChI is InChI=1S/C17H21NO2/c1-13-6-4-7-14(10-13)11-18-12-15-8-5-9-16(19-2)17(15)20-3/h4-10,18H,11-12H2,1-3H3. The fraction of sp³-hybridized carbons (Fsp3) is 0.294. The van der Waals surface area contributed by atoms with Gasteiger partial charge < -0.3 is 14.8 Å². The second-order valence-electron chi connectivity index (χ2n) is 4.75. The highest BCUT2D eigenvalue weighted by atomic mass is 16.5. The van der Waals surface area contributed by atoms with E-state index in [-0.39, 0.29) is 0 Å². The van der Waals surface area contributed by atoms with Crippen LogP contribution >= 0.6 is 0 Å². The summed E-state index contributed by atoms with van der Waals surface area (Å²) in [7, 11) is 3.32. The minimum atomic E-state index is 0.744. The third-order valence-corrected chi connectivity index (χ3v) is 3.21. The molecule has 0 spiro atoms. The van der Waals surface area contributed by atoms with E-state index in [2.05, 4.69) is 36.5 Å². The quantitative estimate of drug-likeness (QED) is 0.874. The van der Waals surface area contributed by atoms with E-state index in [1.165, 1.54) is 11.1 Å². The van der Waals surface area contributed by atoms with Crippen LogP contribution in [0.1, 0.15) is 16.7 Å². The predicted molar refractivity (Wildman–Crippen MR) is 81.3 cm³/mol. The Morgan fingerprint density at radius 3 is 2.45 bits per heavy atom. The van der Waals surface area contributed by atoms with Gasteiger partial charge in [-0.2, -0.15) is 0 Å². The van der Waals surface area contributed by atoms with Crippen molar-refractivity contribution in [3.8, 4) is 11.5 Å². The Balaban J connectivity index is 2.01. The van der Waals surface area contributed by atoms with Crippen molar-refractivity contribution >= 4 is 0 Å². The smallest absolute Gasteiger partial charge is 0.165 e. The van der Waals surface area contributed by atoms with Gasteiger partial charge >= 0.3 is 0 Å². The maximum absolute atomic E-state index is 5.42. The Labute approximate surface area is 120 Å². The van der Waals surface area contributed by atoms with E-state index in [9.17, 15) is 0 Å². The highest BCUT2D eigenvalue weighted by Gasteiger charge is 2.08. The molecule has 0 fully saturated rings. The van der Waals surface area contributed by atoms with Crippen molar-refractivity contribution in [2.75, 3.05) is 14.2 Å². The second-order valence-corrected chi connectivity index (χ2v) is 4.75. The molecule has 0 atom stereocenters. The van der Waals surface area contributed by atoms with Crippen molar-refractivity contribution < 1.29 is 9.47 Å². The minimum Gasteiger partial charge on any atom is -0.493 e. The van der Waals surface area contributed by atoms with E-state index in [0.29, 0.717) is 0 Å². The maximum atomic E-state index is 5.42. The lowest BCUT2D eigenvalue weighted by Crippen LogP contribution is -2.13. The molecule has 0 aliphatic rings. The molecule has 2 aromatic carbocycles. The first-order valence-corrected chi connectivity index (χ1v) is 6.70. The van der Waals surface area contributed by atoms with Crippen LogP contribution in [0.15, 0.2) is 42.5 Å². The molecule has 0 aromatic heterocycles. The molecule has 0 bridgehead atoms. The normalized spacial score (nSPS) is 10.3. The first kappa shape index (κ1) is 14.4. The van der Waals surface area contributed by atoms with Gasteiger partial charge in [0, 0.05) is 18.7 Å². The monoisotopic (exact) mass is 271 g/mol. The molecule has 0 aliphatic heterocycles. The van der Waals surface area contributed by atoms with Gasteiger partial charge in [-0.05, 0) is 18.6 Å². The summed E-state index contributed by atoms with van der Waals surface area (Å²) in [4.78, 5) is 0. The van der Waals surface area contributed by atoms with Crippen LogP contribution in [0.25, 0.3) is 0 Å². The van der Waals surface area contributed by atoms with E-state index < -0.39 is 0 Å². The van der Waals surface area contributed by atoms with Gasteiger partial charge in [0.2, 0.25) is 0 Å². The van der Waals surface area contributed by atoms with Gasteiger partial charge in [-0.3, -0.25) is 0 Å². The predicted octanol–water partition coefficient (Wildman–Crippen LogP) is 3.30. The lowest BCUT2D eigenvalue weighted by molar-refractivity contribution is 0.350. The zero-order valence-corrected chi connectivity index (χ0v) is 12.3. The van der Waals surface area contributed by atoms with Crippen molar-refractivity contribution in [2.24, 2.45) is 0 Å². The fourth-order valence-electron chi connectivity index (χ4n) is 2.26. The Morgan fingerprint density at radius 1 is 0.950 bits per heavy atom. The number of para-hydroxylation sites is 1. The maximum Gasteiger partial charge on any atom is 0.165 e. The van der Waals surface area contributed by atoms with E-state index in [1.807, 2.05) is 18.2 Å². The molecule has 0 aliphatic carbocycles. The first-order valence-electron chi connectivity index (χ1n) is 6.70. The van der Waals surface area contributed by atoms with Crippen LogP contribution < -0.4 is 14.8 Å². The number of hydrogen-bond acceptors (Lipinski definition) is 3. The molecule has 1 N–H and O–H groups in total. The van der Waals surface area contributed by atoms with E-state index in [1.54, 1.807) is 14.2 Å². The molecular weight excluding hydrogens is 250 g/mol. The van der Waals surface area contributed by atoms with Gasteiger partial charge in [0.15, 0.2) is 11.5 Å². The number of benzene rings is 2. The summed E-state index contributed by atoms with van der Waals surface area (Å²) in [5.41, 5.74) is 3.66. The van der Waals surface area contributed by atoms with Crippen LogP contribution in [0.4, 0.5) is 0 Å². The topological polar surface area (TPSA) is 30.5 Å². The molecular formula is C17H21NO2. The van der Waals surface area contributed by atoms with Crippen LogP contribution in [-0.2, 0) is 13.1 Å². The third-order valence-electron chi connectivity index (χ3n) is 3.21. The Morgan fingerprint density at radius 2 is 1.75 bits per heavy atom. The summed E-state index contributed by atoms with van der Waals surface area (Å²) in [6.45, 7) is 3.69. The highest BCUT2D eigenvalue weighted by molar-refractivity contribution is 5.46. The zero-order valence-electron chi connectivity index (χ0n) is 12.3. The van der Waals surface area contributed by atoms with E-state index in [0.717, 1.165) is 30.2 Å². The molecule has 0 saturated carbocycles. The van der Waals surface area contributed by atoms with Crippen LogP contribution in [0.2, 0.25) is 0 Å². The number of ether oxygens (including phenoxy) is 2. The molecule has 0 amide bonds. The Bertz CT molecular complexity index is 567. The summed E-state index contributed by atoms with van der Waals surface area (Å²) in [5, 5.41) is 3.44. The fourth-order valence-corrected chi connectivity index (χ4v) is 2.26. The van der Waals surface area contributed by atoms with Crippen molar-refractivity contribution in [3.05, 3.63) is 59.2 Å². The number of aryl methyl sites for hydroxylation is 1.